The number of aromatic nitrogens is 1. The Labute approximate surface area is 153 Å². The summed E-state index contributed by atoms with van der Waals surface area (Å²) in [6.07, 6.45) is 0. The molecule has 1 aliphatic rings. The van der Waals surface area contributed by atoms with Gasteiger partial charge in [0.1, 0.15) is 12.4 Å². The quantitative estimate of drug-likeness (QED) is 0.726. The van der Waals surface area contributed by atoms with Crippen molar-refractivity contribution in [2.75, 3.05) is 11.9 Å². The molecule has 7 heteroatoms. The van der Waals surface area contributed by atoms with Gasteiger partial charge in [0.2, 0.25) is 5.91 Å². The number of carbonyl (C=O) groups excluding carboxylic acids is 3. The van der Waals surface area contributed by atoms with E-state index in [1.165, 1.54) is 18.2 Å². The standard InChI is InChI=1S/C20H14FN3O3/c1-11-8-17(15-9-12(21)6-7-16(15)22-11)23-18(25)10-24-19(26)13-4-2-3-5-14(13)20(24)27/h2-9H,10H2,1H3,(H,22,23,25). The van der Waals surface area contributed by atoms with Crippen molar-refractivity contribution in [3.05, 3.63) is 71.2 Å². The number of halogens is 1. The zero-order valence-corrected chi connectivity index (χ0v) is 14.3. The van der Waals surface area contributed by atoms with Crippen LogP contribution in [0.3, 0.4) is 0 Å². The van der Waals surface area contributed by atoms with Crippen LogP contribution in [0.25, 0.3) is 10.9 Å². The van der Waals surface area contributed by atoms with Gasteiger partial charge in [-0.15, -0.1) is 0 Å². The molecule has 134 valence electrons. The van der Waals surface area contributed by atoms with E-state index in [-0.39, 0.29) is 11.1 Å². The summed E-state index contributed by atoms with van der Waals surface area (Å²) in [5.41, 5.74) is 2.11. The van der Waals surface area contributed by atoms with Crippen molar-refractivity contribution in [1.29, 1.82) is 0 Å². The summed E-state index contributed by atoms with van der Waals surface area (Å²) in [5, 5.41) is 3.10. The number of fused-ring (bicyclic) bond motifs is 2. The van der Waals surface area contributed by atoms with Crippen molar-refractivity contribution < 1.29 is 18.8 Å². The molecule has 1 aliphatic heterocycles. The smallest absolute Gasteiger partial charge is 0.262 e. The highest BCUT2D eigenvalue weighted by molar-refractivity contribution is 6.22. The molecule has 3 aromatic rings. The number of carbonyl (C=O) groups is 3. The zero-order valence-electron chi connectivity index (χ0n) is 14.3. The van der Waals surface area contributed by atoms with Crippen molar-refractivity contribution in [2.45, 2.75) is 6.92 Å². The van der Waals surface area contributed by atoms with E-state index in [4.69, 9.17) is 0 Å². The van der Waals surface area contributed by atoms with Gasteiger partial charge in [-0.25, -0.2) is 4.39 Å². The molecule has 1 aromatic heterocycles. The number of hydrogen-bond donors (Lipinski definition) is 1. The fourth-order valence-corrected chi connectivity index (χ4v) is 3.15. The van der Waals surface area contributed by atoms with Gasteiger partial charge in [0, 0.05) is 11.1 Å². The molecular formula is C20H14FN3O3. The molecule has 0 saturated heterocycles. The maximum atomic E-state index is 13.6. The van der Waals surface area contributed by atoms with Crippen LogP contribution in [0.4, 0.5) is 10.1 Å². The molecule has 0 atom stereocenters. The highest BCUT2D eigenvalue weighted by Crippen LogP contribution is 2.25. The van der Waals surface area contributed by atoms with Gasteiger partial charge in [-0.3, -0.25) is 24.3 Å². The van der Waals surface area contributed by atoms with Crippen LogP contribution >= 0.6 is 0 Å². The lowest BCUT2D eigenvalue weighted by Gasteiger charge is -2.15. The average molecular weight is 363 g/mol. The van der Waals surface area contributed by atoms with Gasteiger partial charge in [-0.05, 0) is 43.3 Å². The first-order valence-corrected chi connectivity index (χ1v) is 8.26. The van der Waals surface area contributed by atoms with Gasteiger partial charge in [-0.2, -0.15) is 0 Å². The Morgan fingerprint density at radius 3 is 2.41 bits per heavy atom. The number of nitrogens with zero attached hydrogens (tertiary/aromatic N) is 2. The molecule has 27 heavy (non-hydrogen) atoms. The van der Waals surface area contributed by atoms with E-state index >= 15 is 0 Å². The minimum absolute atomic E-state index is 0.280. The van der Waals surface area contributed by atoms with Gasteiger partial charge in [-0.1, -0.05) is 12.1 Å². The fraction of sp³-hybridized carbons (Fsp3) is 0.100. The Balaban J connectivity index is 1.59. The largest absolute Gasteiger partial charge is 0.324 e. The van der Waals surface area contributed by atoms with Crippen LogP contribution in [0.1, 0.15) is 26.4 Å². The molecule has 0 fully saturated rings. The molecule has 2 heterocycles. The van der Waals surface area contributed by atoms with E-state index in [0.29, 0.717) is 22.3 Å². The molecule has 0 saturated carbocycles. The number of aryl methyl sites for hydroxylation is 1. The average Bonchev–Trinajstić information content (AvgIpc) is 2.87. The van der Waals surface area contributed by atoms with E-state index < -0.39 is 30.1 Å². The fourth-order valence-electron chi connectivity index (χ4n) is 3.15. The third kappa shape index (κ3) is 2.93. The van der Waals surface area contributed by atoms with Crippen molar-refractivity contribution in [3.8, 4) is 0 Å². The number of imide groups is 1. The van der Waals surface area contributed by atoms with Gasteiger partial charge in [0.15, 0.2) is 0 Å². The van der Waals surface area contributed by atoms with E-state index in [1.54, 1.807) is 37.3 Å². The topological polar surface area (TPSA) is 79.4 Å². The van der Waals surface area contributed by atoms with E-state index in [1.807, 2.05) is 0 Å². The third-order valence-corrected chi connectivity index (χ3v) is 4.35. The molecule has 6 nitrogen and oxygen atoms in total. The maximum Gasteiger partial charge on any atom is 0.262 e. The number of pyridine rings is 1. The van der Waals surface area contributed by atoms with Crippen molar-refractivity contribution >= 4 is 34.3 Å². The summed E-state index contributed by atoms with van der Waals surface area (Å²) in [6.45, 7) is 1.33. The molecule has 2 aromatic carbocycles. The van der Waals surface area contributed by atoms with E-state index in [0.717, 1.165) is 4.90 Å². The molecule has 0 spiro atoms. The first kappa shape index (κ1) is 16.8. The van der Waals surface area contributed by atoms with Gasteiger partial charge in [0.25, 0.3) is 11.8 Å². The minimum atomic E-state index is -0.555. The van der Waals surface area contributed by atoms with Gasteiger partial charge >= 0.3 is 0 Å². The molecule has 4 rings (SSSR count). The van der Waals surface area contributed by atoms with Crippen LogP contribution in [0.15, 0.2) is 48.5 Å². The van der Waals surface area contributed by atoms with Crippen molar-refractivity contribution in [3.63, 3.8) is 0 Å². The molecule has 1 N–H and O–H groups in total. The lowest BCUT2D eigenvalue weighted by Crippen LogP contribution is -2.37. The molecule has 0 aliphatic carbocycles. The summed E-state index contributed by atoms with van der Waals surface area (Å²) in [6, 6.07) is 12.1. The molecule has 0 unspecified atom stereocenters. The second kappa shape index (κ2) is 6.28. The highest BCUT2D eigenvalue weighted by atomic mass is 19.1. The van der Waals surface area contributed by atoms with Gasteiger partial charge < -0.3 is 5.32 Å². The molecule has 0 bridgehead atoms. The predicted molar refractivity (Wildman–Crippen MR) is 96.9 cm³/mol. The maximum absolute atomic E-state index is 13.6. The first-order valence-electron chi connectivity index (χ1n) is 8.26. The van der Waals surface area contributed by atoms with E-state index in [9.17, 15) is 18.8 Å². The Hall–Kier alpha value is -3.61. The number of nitrogens with one attached hydrogen (secondary N) is 1. The van der Waals surface area contributed by atoms with Crippen molar-refractivity contribution in [2.24, 2.45) is 0 Å². The highest BCUT2D eigenvalue weighted by Gasteiger charge is 2.36. The summed E-state index contributed by atoms with van der Waals surface area (Å²) in [4.78, 5) is 42.4. The minimum Gasteiger partial charge on any atom is -0.324 e. The lowest BCUT2D eigenvalue weighted by atomic mass is 10.1. The summed E-state index contributed by atoms with van der Waals surface area (Å²) in [5.74, 6) is -2.02. The van der Waals surface area contributed by atoms with E-state index in [2.05, 4.69) is 10.3 Å². The number of anilines is 1. The SMILES string of the molecule is Cc1cc(NC(=O)CN2C(=O)c3ccccc3C2=O)c2cc(F)ccc2n1. The van der Waals surface area contributed by atoms with Crippen LogP contribution < -0.4 is 5.32 Å². The Bertz CT molecular complexity index is 1090. The molecule has 0 radical (unpaired) electrons. The normalized spacial score (nSPS) is 13.2. The van der Waals surface area contributed by atoms with Crippen LogP contribution in [0, 0.1) is 12.7 Å². The van der Waals surface area contributed by atoms with Crippen LogP contribution in [-0.4, -0.2) is 34.2 Å². The number of amides is 3. The van der Waals surface area contributed by atoms with Crippen LogP contribution in [0.5, 0.6) is 0 Å². The number of hydrogen-bond acceptors (Lipinski definition) is 4. The first-order chi connectivity index (χ1) is 12.9. The van der Waals surface area contributed by atoms with Gasteiger partial charge in [0.05, 0.1) is 22.3 Å². The predicted octanol–water partition coefficient (Wildman–Crippen LogP) is 2.92. The summed E-state index contributed by atoms with van der Waals surface area (Å²) >= 11 is 0. The molecular weight excluding hydrogens is 349 g/mol. The number of benzene rings is 2. The number of rotatable bonds is 3. The Morgan fingerprint density at radius 2 is 1.74 bits per heavy atom. The second-order valence-corrected chi connectivity index (χ2v) is 6.26. The summed E-state index contributed by atoms with van der Waals surface area (Å²) in [7, 11) is 0. The van der Waals surface area contributed by atoms with Crippen molar-refractivity contribution in [1.82, 2.24) is 9.88 Å². The third-order valence-electron chi connectivity index (χ3n) is 4.35. The summed E-state index contributed by atoms with van der Waals surface area (Å²) < 4.78 is 13.6. The van der Waals surface area contributed by atoms with Crippen LogP contribution in [-0.2, 0) is 4.79 Å². The van der Waals surface area contributed by atoms with Crippen LogP contribution in [0.2, 0.25) is 0 Å². The second-order valence-electron chi connectivity index (χ2n) is 6.26. The lowest BCUT2D eigenvalue weighted by molar-refractivity contribution is -0.116. The molecule has 3 amide bonds. The monoisotopic (exact) mass is 363 g/mol. The Morgan fingerprint density at radius 1 is 1.07 bits per heavy atom. The zero-order chi connectivity index (χ0) is 19.1. The Kier molecular flexibility index (Phi) is 3.92.